The Bertz CT molecular complexity index is 417. The van der Waals surface area contributed by atoms with Gasteiger partial charge in [0, 0.05) is 13.2 Å². The Morgan fingerprint density at radius 3 is 2.33 bits per heavy atom. The number of carboxylic acid groups (broad SMARTS) is 1. The lowest BCUT2D eigenvalue weighted by Gasteiger charge is -2.07. The molecule has 0 bridgehead atoms. The van der Waals surface area contributed by atoms with Crippen molar-refractivity contribution in [3.63, 3.8) is 0 Å². The van der Waals surface area contributed by atoms with Gasteiger partial charge in [0.05, 0.1) is 11.1 Å². The van der Waals surface area contributed by atoms with E-state index in [-0.39, 0.29) is 23.6 Å². The SMILES string of the molecule is O=C(O)c1ccccc1C(=O)NCCCCCO. The standard InChI is InChI=1S/C13H17NO4/c15-9-5-1-4-8-14-12(16)10-6-2-3-7-11(10)13(17)18/h2-3,6-7,15H,1,4-5,8-9H2,(H,14,16)(H,17,18). The average molecular weight is 251 g/mol. The zero-order chi connectivity index (χ0) is 13.4. The molecule has 0 saturated carbocycles. The lowest BCUT2D eigenvalue weighted by atomic mass is 10.1. The summed E-state index contributed by atoms with van der Waals surface area (Å²) in [5, 5.41) is 20.2. The molecule has 1 amide bonds. The molecule has 0 radical (unpaired) electrons. The number of nitrogens with one attached hydrogen (secondary N) is 1. The van der Waals surface area contributed by atoms with Gasteiger partial charge in [-0.1, -0.05) is 12.1 Å². The van der Waals surface area contributed by atoms with Gasteiger partial charge in [-0.15, -0.1) is 0 Å². The Balaban J connectivity index is 2.54. The van der Waals surface area contributed by atoms with Crippen molar-refractivity contribution in [2.24, 2.45) is 0 Å². The molecule has 1 rings (SSSR count). The highest BCUT2D eigenvalue weighted by molar-refractivity contribution is 6.04. The van der Waals surface area contributed by atoms with E-state index in [4.69, 9.17) is 10.2 Å². The summed E-state index contributed by atoms with van der Waals surface area (Å²) in [6, 6.07) is 6.12. The van der Waals surface area contributed by atoms with Crippen molar-refractivity contribution in [3.8, 4) is 0 Å². The van der Waals surface area contributed by atoms with Gasteiger partial charge in [-0.2, -0.15) is 0 Å². The highest BCUT2D eigenvalue weighted by Gasteiger charge is 2.14. The van der Waals surface area contributed by atoms with Crippen LogP contribution in [0.1, 0.15) is 40.0 Å². The second-order valence-corrected chi connectivity index (χ2v) is 3.89. The molecule has 0 saturated heterocycles. The molecule has 0 fully saturated rings. The van der Waals surface area contributed by atoms with Crippen molar-refractivity contribution in [2.45, 2.75) is 19.3 Å². The van der Waals surface area contributed by atoms with E-state index in [9.17, 15) is 9.59 Å². The van der Waals surface area contributed by atoms with E-state index in [1.807, 2.05) is 0 Å². The third kappa shape index (κ3) is 4.18. The first-order valence-corrected chi connectivity index (χ1v) is 5.88. The smallest absolute Gasteiger partial charge is 0.336 e. The molecular weight excluding hydrogens is 234 g/mol. The van der Waals surface area contributed by atoms with Gasteiger partial charge >= 0.3 is 5.97 Å². The van der Waals surface area contributed by atoms with E-state index in [1.54, 1.807) is 12.1 Å². The van der Waals surface area contributed by atoms with Crippen molar-refractivity contribution in [2.75, 3.05) is 13.2 Å². The fourth-order valence-electron chi connectivity index (χ4n) is 1.58. The molecular formula is C13H17NO4. The minimum atomic E-state index is -1.11. The van der Waals surface area contributed by atoms with Crippen LogP contribution in [0.4, 0.5) is 0 Å². The van der Waals surface area contributed by atoms with Gasteiger partial charge in [0.2, 0.25) is 0 Å². The van der Waals surface area contributed by atoms with Crippen LogP contribution in [0.25, 0.3) is 0 Å². The lowest BCUT2D eigenvalue weighted by molar-refractivity contribution is 0.0691. The fraction of sp³-hybridized carbons (Fsp3) is 0.385. The molecule has 0 aliphatic carbocycles. The number of hydrogen-bond acceptors (Lipinski definition) is 3. The number of aromatic carboxylic acids is 1. The molecule has 98 valence electrons. The van der Waals surface area contributed by atoms with Gasteiger partial charge in [0.1, 0.15) is 0 Å². The summed E-state index contributed by atoms with van der Waals surface area (Å²) >= 11 is 0. The van der Waals surface area contributed by atoms with Crippen LogP contribution in [-0.2, 0) is 0 Å². The predicted octanol–water partition coefficient (Wildman–Crippen LogP) is 1.28. The number of amides is 1. The largest absolute Gasteiger partial charge is 0.478 e. The van der Waals surface area contributed by atoms with Gasteiger partial charge in [-0.25, -0.2) is 4.79 Å². The molecule has 0 aromatic heterocycles. The number of rotatable bonds is 7. The van der Waals surface area contributed by atoms with Crippen LogP contribution in [0.3, 0.4) is 0 Å². The summed E-state index contributed by atoms with van der Waals surface area (Å²) in [5.41, 5.74) is 0.178. The van der Waals surface area contributed by atoms with Crippen molar-refractivity contribution in [1.29, 1.82) is 0 Å². The molecule has 0 spiro atoms. The maximum Gasteiger partial charge on any atom is 0.336 e. The number of carboxylic acids is 1. The molecule has 18 heavy (non-hydrogen) atoms. The molecule has 0 unspecified atom stereocenters. The zero-order valence-corrected chi connectivity index (χ0v) is 10.1. The maximum atomic E-state index is 11.8. The Morgan fingerprint density at radius 1 is 1.06 bits per heavy atom. The van der Waals surface area contributed by atoms with Gasteiger partial charge in [-0.3, -0.25) is 4.79 Å². The minimum absolute atomic E-state index is 0.00496. The highest BCUT2D eigenvalue weighted by atomic mass is 16.4. The fourth-order valence-corrected chi connectivity index (χ4v) is 1.58. The number of aliphatic hydroxyl groups is 1. The molecule has 1 aromatic rings. The molecule has 0 atom stereocenters. The first kappa shape index (κ1) is 14.2. The quantitative estimate of drug-likeness (QED) is 0.637. The van der Waals surface area contributed by atoms with E-state index in [2.05, 4.69) is 5.32 Å². The minimum Gasteiger partial charge on any atom is -0.478 e. The lowest BCUT2D eigenvalue weighted by Crippen LogP contribution is -2.26. The molecule has 0 heterocycles. The van der Waals surface area contributed by atoms with E-state index >= 15 is 0 Å². The monoisotopic (exact) mass is 251 g/mol. The summed E-state index contributed by atoms with van der Waals surface area (Å²) in [7, 11) is 0. The van der Waals surface area contributed by atoms with Crippen LogP contribution in [-0.4, -0.2) is 35.2 Å². The highest BCUT2D eigenvalue weighted by Crippen LogP contribution is 2.08. The van der Waals surface area contributed by atoms with Crippen LogP contribution in [0.5, 0.6) is 0 Å². The summed E-state index contributed by atoms with van der Waals surface area (Å²) in [4.78, 5) is 22.7. The van der Waals surface area contributed by atoms with E-state index in [0.29, 0.717) is 13.0 Å². The Hall–Kier alpha value is -1.88. The first-order chi connectivity index (χ1) is 8.66. The van der Waals surface area contributed by atoms with Crippen LogP contribution in [0.2, 0.25) is 0 Å². The Labute approximate surface area is 105 Å². The van der Waals surface area contributed by atoms with Crippen molar-refractivity contribution in [1.82, 2.24) is 5.32 Å². The number of hydrogen-bond donors (Lipinski definition) is 3. The van der Waals surface area contributed by atoms with E-state index < -0.39 is 5.97 Å². The molecule has 5 nitrogen and oxygen atoms in total. The Morgan fingerprint density at radius 2 is 1.72 bits per heavy atom. The summed E-state index contributed by atoms with van der Waals surface area (Å²) in [6.07, 6.45) is 2.31. The number of benzene rings is 1. The first-order valence-electron chi connectivity index (χ1n) is 5.88. The van der Waals surface area contributed by atoms with E-state index in [0.717, 1.165) is 12.8 Å². The van der Waals surface area contributed by atoms with Crippen molar-refractivity contribution >= 4 is 11.9 Å². The predicted molar refractivity (Wildman–Crippen MR) is 66.7 cm³/mol. The van der Waals surface area contributed by atoms with Crippen molar-refractivity contribution < 1.29 is 19.8 Å². The molecule has 3 N–H and O–H groups in total. The third-order valence-electron chi connectivity index (χ3n) is 2.52. The second kappa shape index (κ2) is 7.45. The van der Waals surface area contributed by atoms with Gasteiger partial charge in [-0.05, 0) is 31.4 Å². The zero-order valence-electron chi connectivity index (χ0n) is 10.1. The number of carbonyl (C=O) groups is 2. The summed E-state index contributed by atoms with van der Waals surface area (Å²) < 4.78 is 0. The maximum absolute atomic E-state index is 11.8. The van der Waals surface area contributed by atoms with Gasteiger partial charge in [0.25, 0.3) is 5.91 Å². The average Bonchev–Trinajstić information content (AvgIpc) is 2.38. The number of aliphatic hydroxyl groups excluding tert-OH is 1. The van der Waals surface area contributed by atoms with Crippen LogP contribution in [0.15, 0.2) is 24.3 Å². The van der Waals surface area contributed by atoms with E-state index in [1.165, 1.54) is 12.1 Å². The van der Waals surface area contributed by atoms with Crippen molar-refractivity contribution in [3.05, 3.63) is 35.4 Å². The topological polar surface area (TPSA) is 86.6 Å². The van der Waals surface area contributed by atoms with Crippen LogP contribution >= 0.6 is 0 Å². The molecule has 0 aliphatic heterocycles. The van der Waals surface area contributed by atoms with Crippen LogP contribution < -0.4 is 5.32 Å². The normalized spacial score (nSPS) is 10.1. The molecule has 5 heteroatoms. The van der Waals surface area contributed by atoms with Gasteiger partial charge in [0.15, 0.2) is 0 Å². The van der Waals surface area contributed by atoms with Crippen LogP contribution in [0, 0.1) is 0 Å². The summed E-state index contributed by atoms with van der Waals surface area (Å²) in [6.45, 7) is 0.628. The third-order valence-corrected chi connectivity index (χ3v) is 2.52. The number of carbonyl (C=O) groups excluding carboxylic acids is 1. The van der Waals surface area contributed by atoms with Gasteiger partial charge < -0.3 is 15.5 Å². The summed E-state index contributed by atoms with van der Waals surface area (Å²) in [5.74, 6) is -1.49. The molecule has 1 aromatic carbocycles. The molecule has 0 aliphatic rings. The second-order valence-electron chi connectivity index (χ2n) is 3.89. The Kier molecular flexibility index (Phi) is 5.87. The number of unbranched alkanes of at least 4 members (excludes halogenated alkanes) is 2.